The van der Waals surface area contributed by atoms with Crippen molar-refractivity contribution >= 4 is 29.9 Å². The molecule has 20 heavy (non-hydrogen) atoms. The Hall–Kier alpha value is -0.980. The molecule has 0 aliphatic rings. The summed E-state index contributed by atoms with van der Waals surface area (Å²) in [4.78, 5) is 6.40. The van der Waals surface area contributed by atoms with Gasteiger partial charge in [-0.1, -0.05) is 17.7 Å². The number of benzene rings is 1. The normalized spacial score (nSPS) is 12.5. The molecule has 1 atom stereocenters. The van der Waals surface area contributed by atoms with Crippen molar-refractivity contribution in [2.24, 2.45) is 10.7 Å². The molecule has 0 fully saturated rings. The van der Waals surface area contributed by atoms with Gasteiger partial charge in [-0.2, -0.15) is 0 Å². The summed E-state index contributed by atoms with van der Waals surface area (Å²) in [7, 11) is 0. The summed E-state index contributed by atoms with van der Waals surface area (Å²) in [6.45, 7) is 10.5. The van der Waals surface area contributed by atoms with Crippen LogP contribution >= 0.6 is 24.0 Å². The highest BCUT2D eigenvalue weighted by molar-refractivity contribution is 14.0. The zero-order valence-corrected chi connectivity index (χ0v) is 15.1. The van der Waals surface area contributed by atoms with E-state index in [-0.39, 0.29) is 30.1 Å². The van der Waals surface area contributed by atoms with Crippen LogP contribution in [0, 0.1) is 6.92 Å². The summed E-state index contributed by atoms with van der Waals surface area (Å²) in [6.07, 6.45) is 0.0109. The summed E-state index contributed by atoms with van der Waals surface area (Å²) in [6, 6.07) is 8.03. The van der Waals surface area contributed by atoms with Crippen molar-refractivity contribution < 1.29 is 4.74 Å². The Balaban J connectivity index is 0.00000361. The Kier molecular flexibility index (Phi) is 9.37. The van der Waals surface area contributed by atoms with E-state index in [1.807, 2.05) is 36.1 Å². The van der Waals surface area contributed by atoms with Gasteiger partial charge >= 0.3 is 0 Å². The fourth-order valence-electron chi connectivity index (χ4n) is 1.76. The Bertz CT molecular complexity index is 402. The molecule has 0 aliphatic heterocycles. The summed E-state index contributed by atoms with van der Waals surface area (Å²) >= 11 is 0. The monoisotopic (exact) mass is 391 g/mol. The van der Waals surface area contributed by atoms with Crippen LogP contribution in [0.25, 0.3) is 0 Å². The molecule has 0 spiro atoms. The highest BCUT2D eigenvalue weighted by Crippen LogP contribution is 2.13. The van der Waals surface area contributed by atoms with Crippen LogP contribution in [-0.2, 0) is 0 Å². The first-order valence-corrected chi connectivity index (χ1v) is 6.85. The Labute approximate surface area is 139 Å². The van der Waals surface area contributed by atoms with Crippen molar-refractivity contribution in [3.63, 3.8) is 0 Å². The Morgan fingerprint density at radius 3 is 2.30 bits per heavy atom. The molecule has 4 nitrogen and oxygen atoms in total. The van der Waals surface area contributed by atoms with E-state index in [1.54, 1.807) is 0 Å². The van der Waals surface area contributed by atoms with Gasteiger partial charge in [0.1, 0.15) is 11.9 Å². The highest BCUT2D eigenvalue weighted by Gasteiger charge is 2.06. The molecular formula is C15H26IN3O. The quantitative estimate of drug-likeness (QED) is 0.461. The maximum atomic E-state index is 5.92. The van der Waals surface area contributed by atoms with E-state index in [4.69, 9.17) is 10.5 Å². The maximum absolute atomic E-state index is 5.92. The first-order valence-electron chi connectivity index (χ1n) is 6.85. The maximum Gasteiger partial charge on any atom is 0.191 e. The van der Waals surface area contributed by atoms with E-state index in [1.165, 1.54) is 5.56 Å². The van der Waals surface area contributed by atoms with Crippen molar-refractivity contribution in [2.75, 3.05) is 19.6 Å². The molecule has 1 rings (SSSR count). The number of aryl methyl sites for hydroxylation is 1. The molecule has 1 aromatic carbocycles. The fraction of sp³-hybridized carbons (Fsp3) is 0.533. The zero-order valence-electron chi connectivity index (χ0n) is 12.8. The molecule has 0 amide bonds. The first-order chi connectivity index (χ1) is 9.06. The molecular weight excluding hydrogens is 365 g/mol. The van der Waals surface area contributed by atoms with Gasteiger partial charge in [-0.3, -0.25) is 0 Å². The minimum absolute atomic E-state index is 0. The average Bonchev–Trinajstić information content (AvgIpc) is 2.40. The van der Waals surface area contributed by atoms with Gasteiger partial charge in [0.2, 0.25) is 0 Å². The second-order valence-electron chi connectivity index (χ2n) is 4.61. The van der Waals surface area contributed by atoms with Crippen molar-refractivity contribution in [3.8, 4) is 5.75 Å². The van der Waals surface area contributed by atoms with Crippen LogP contribution in [0.4, 0.5) is 0 Å². The molecule has 114 valence electrons. The van der Waals surface area contributed by atoms with Crippen LogP contribution in [0.2, 0.25) is 0 Å². The van der Waals surface area contributed by atoms with E-state index in [9.17, 15) is 0 Å². The molecule has 0 bridgehead atoms. The van der Waals surface area contributed by atoms with E-state index >= 15 is 0 Å². The second kappa shape index (κ2) is 9.85. The van der Waals surface area contributed by atoms with Crippen LogP contribution in [0.15, 0.2) is 29.3 Å². The molecule has 0 aromatic heterocycles. The summed E-state index contributed by atoms with van der Waals surface area (Å²) in [5.41, 5.74) is 7.15. The van der Waals surface area contributed by atoms with Crippen LogP contribution in [-0.4, -0.2) is 36.6 Å². The number of hydrogen-bond donors (Lipinski definition) is 1. The Morgan fingerprint density at radius 1 is 1.25 bits per heavy atom. The molecule has 0 radical (unpaired) electrons. The number of hydrogen-bond acceptors (Lipinski definition) is 2. The topological polar surface area (TPSA) is 50.8 Å². The molecule has 2 N–H and O–H groups in total. The average molecular weight is 391 g/mol. The van der Waals surface area contributed by atoms with E-state index in [0.717, 1.165) is 18.8 Å². The highest BCUT2D eigenvalue weighted by atomic mass is 127. The second-order valence-corrected chi connectivity index (χ2v) is 4.61. The van der Waals surface area contributed by atoms with Gasteiger partial charge in [-0.25, -0.2) is 4.99 Å². The largest absolute Gasteiger partial charge is 0.489 e. The summed E-state index contributed by atoms with van der Waals surface area (Å²) in [5.74, 6) is 1.46. The van der Waals surface area contributed by atoms with Crippen LogP contribution in [0.1, 0.15) is 26.3 Å². The fourth-order valence-corrected chi connectivity index (χ4v) is 1.76. The standard InChI is InChI=1S/C15H25N3O.HI/c1-5-18(6-2)15(16)17-11-13(4)19-14-9-7-12(3)8-10-14;/h7-10,13H,5-6,11H2,1-4H3,(H2,16,17);1H. The van der Waals surface area contributed by atoms with Gasteiger partial charge in [-0.05, 0) is 39.8 Å². The van der Waals surface area contributed by atoms with Gasteiger partial charge in [0, 0.05) is 13.1 Å². The lowest BCUT2D eigenvalue weighted by Crippen LogP contribution is -2.37. The minimum atomic E-state index is 0. The van der Waals surface area contributed by atoms with E-state index in [2.05, 4.69) is 25.8 Å². The third-order valence-electron chi connectivity index (χ3n) is 2.96. The van der Waals surface area contributed by atoms with Gasteiger partial charge in [0.15, 0.2) is 5.96 Å². The smallest absolute Gasteiger partial charge is 0.191 e. The lowest BCUT2D eigenvalue weighted by atomic mass is 10.2. The van der Waals surface area contributed by atoms with E-state index in [0.29, 0.717) is 12.5 Å². The number of rotatable bonds is 6. The summed E-state index contributed by atoms with van der Waals surface area (Å²) < 4.78 is 5.79. The molecule has 1 aromatic rings. The van der Waals surface area contributed by atoms with Crippen LogP contribution in [0.3, 0.4) is 0 Å². The number of nitrogens with two attached hydrogens (primary N) is 1. The molecule has 0 aliphatic carbocycles. The lowest BCUT2D eigenvalue weighted by molar-refractivity contribution is 0.229. The van der Waals surface area contributed by atoms with Gasteiger partial charge in [0.25, 0.3) is 0 Å². The number of ether oxygens (including phenoxy) is 1. The van der Waals surface area contributed by atoms with Crippen molar-refractivity contribution in [1.82, 2.24) is 4.90 Å². The number of nitrogens with zero attached hydrogens (tertiary/aromatic N) is 2. The number of guanidine groups is 1. The molecule has 0 saturated carbocycles. The van der Waals surface area contributed by atoms with Crippen molar-refractivity contribution in [1.29, 1.82) is 0 Å². The van der Waals surface area contributed by atoms with E-state index < -0.39 is 0 Å². The number of aliphatic imine (C=N–C) groups is 1. The first kappa shape index (κ1) is 19.0. The van der Waals surface area contributed by atoms with Crippen molar-refractivity contribution in [3.05, 3.63) is 29.8 Å². The molecule has 1 unspecified atom stereocenters. The molecule has 0 saturated heterocycles. The zero-order chi connectivity index (χ0) is 14.3. The molecule has 0 heterocycles. The van der Waals surface area contributed by atoms with Crippen molar-refractivity contribution in [2.45, 2.75) is 33.8 Å². The number of halogens is 1. The Morgan fingerprint density at radius 2 is 1.80 bits per heavy atom. The molecule has 5 heteroatoms. The van der Waals surface area contributed by atoms with Crippen LogP contribution < -0.4 is 10.5 Å². The van der Waals surface area contributed by atoms with Crippen LogP contribution in [0.5, 0.6) is 5.75 Å². The lowest BCUT2D eigenvalue weighted by Gasteiger charge is -2.20. The van der Waals surface area contributed by atoms with Gasteiger partial charge in [0.05, 0.1) is 6.54 Å². The third-order valence-corrected chi connectivity index (χ3v) is 2.96. The van der Waals surface area contributed by atoms with Gasteiger partial charge < -0.3 is 15.4 Å². The van der Waals surface area contributed by atoms with Gasteiger partial charge in [-0.15, -0.1) is 24.0 Å². The predicted molar refractivity (Wildman–Crippen MR) is 96.1 cm³/mol. The predicted octanol–water partition coefficient (Wildman–Crippen LogP) is 3.04. The minimum Gasteiger partial charge on any atom is -0.489 e. The SMILES string of the molecule is CCN(CC)C(N)=NCC(C)Oc1ccc(C)cc1.I. The summed E-state index contributed by atoms with van der Waals surface area (Å²) in [5, 5.41) is 0. The third kappa shape index (κ3) is 6.45.